The van der Waals surface area contributed by atoms with Crippen LogP contribution in [0.25, 0.3) is 0 Å². The molecule has 1 aliphatic heterocycles. The van der Waals surface area contributed by atoms with Crippen molar-refractivity contribution in [3.05, 3.63) is 93.7 Å². The first-order valence-electron chi connectivity index (χ1n) is 9.45. The Labute approximate surface area is 160 Å². The van der Waals surface area contributed by atoms with Crippen LogP contribution in [0.4, 0.5) is 0 Å². The molecule has 3 heteroatoms. The van der Waals surface area contributed by atoms with Crippen LogP contribution in [0.1, 0.15) is 22.3 Å². The molecule has 2 nitrogen and oxygen atoms in total. The predicted octanol–water partition coefficient (Wildman–Crippen LogP) is 4.51. The Morgan fingerprint density at radius 3 is 2.54 bits per heavy atom. The highest BCUT2D eigenvalue weighted by Gasteiger charge is 2.25. The molecular formula is C23H26N2S. The predicted molar refractivity (Wildman–Crippen MR) is 111 cm³/mol. The van der Waals surface area contributed by atoms with Crippen molar-refractivity contribution in [3.8, 4) is 0 Å². The SMILES string of the molecule is c1ccc(CC2Cc3ccccc3CN2CCNCc2ccsc2)cc1. The fraction of sp³-hybridized carbons (Fsp3) is 0.304. The smallest absolute Gasteiger partial charge is 0.0240 e. The van der Waals surface area contributed by atoms with E-state index in [0.717, 1.165) is 39.0 Å². The van der Waals surface area contributed by atoms with Crippen molar-refractivity contribution < 1.29 is 0 Å². The summed E-state index contributed by atoms with van der Waals surface area (Å²) in [6, 6.07) is 22.6. The van der Waals surface area contributed by atoms with Gasteiger partial charge < -0.3 is 5.32 Å². The number of nitrogens with zero attached hydrogens (tertiary/aromatic N) is 1. The average Bonchev–Trinajstić information content (AvgIpc) is 3.20. The molecule has 0 amide bonds. The van der Waals surface area contributed by atoms with Crippen LogP contribution in [0.5, 0.6) is 0 Å². The zero-order valence-electron chi connectivity index (χ0n) is 15.1. The van der Waals surface area contributed by atoms with Gasteiger partial charge in [0.25, 0.3) is 0 Å². The average molecular weight is 363 g/mol. The Bertz CT molecular complexity index is 798. The molecule has 1 N–H and O–H groups in total. The fourth-order valence-corrected chi connectivity index (χ4v) is 4.51. The van der Waals surface area contributed by atoms with E-state index >= 15 is 0 Å². The maximum absolute atomic E-state index is 3.61. The van der Waals surface area contributed by atoms with Gasteiger partial charge in [0.1, 0.15) is 0 Å². The van der Waals surface area contributed by atoms with Gasteiger partial charge in [0.15, 0.2) is 0 Å². The minimum Gasteiger partial charge on any atom is -0.311 e. The Kier molecular flexibility index (Phi) is 5.80. The molecule has 4 rings (SSSR count). The van der Waals surface area contributed by atoms with Gasteiger partial charge in [0.2, 0.25) is 0 Å². The normalized spacial score (nSPS) is 17.2. The molecule has 0 radical (unpaired) electrons. The third-order valence-corrected chi connectivity index (χ3v) is 5.99. The topological polar surface area (TPSA) is 15.3 Å². The summed E-state index contributed by atoms with van der Waals surface area (Å²) >= 11 is 1.77. The molecule has 1 unspecified atom stereocenters. The largest absolute Gasteiger partial charge is 0.311 e. The van der Waals surface area contributed by atoms with Crippen LogP contribution < -0.4 is 5.32 Å². The molecule has 0 fully saturated rings. The Balaban J connectivity index is 1.40. The molecule has 0 spiro atoms. The summed E-state index contributed by atoms with van der Waals surface area (Å²) in [5.74, 6) is 0. The molecule has 0 saturated carbocycles. The van der Waals surface area contributed by atoms with Crippen LogP contribution in [0, 0.1) is 0 Å². The first-order valence-corrected chi connectivity index (χ1v) is 10.4. The van der Waals surface area contributed by atoms with Gasteiger partial charge in [0.05, 0.1) is 0 Å². The molecule has 1 aliphatic rings. The van der Waals surface area contributed by atoms with Gasteiger partial charge in [-0.05, 0) is 51.9 Å². The van der Waals surface area contributed by atoms with Crippen LogP contribution in [-0.4, -0.2) is 24.0 Å². The van der Waals surface area contributed by atoms with Crippen LogP contribution in [-0.2, 0) is 25.9 Å². The molecule has 1 atom stereocenters. The lowest BCUT2D eigenvalue weighted by Gasteiger charge is -2.37. The van der Waals surface area contributed by atoms with E-state index in [1.54, 1.807) is 11.3 Å². The maximum atomic E-state index is 3.61. The Morgan fingerprint density at radius 2 is 1.73 bits per heavy atom. The van der Waals surface area contributed by atoms with Gasteiger partial charge in [-0.2, -0.15) is 11.3 Å². The van der Waals surface area contributed by atoms with Crippen LogP contribution in [0.3, 0.4) is 0 Å². The molecule has 2 heterocycles. The van der Waals surface area contributed by atoms with E-state index in [1.807, 2.05) is 0 Å². The summed E-state index contributed by atoms with van der Waals surface area (Å²) in [4.78, 5) is 2.66. The highest BCUT2D eigenvalue weighted by atomic mass is 32.1. The zero-order valence-corrected chi connectivity index (χ0v) is 15.9. The summed E-state index contributed by atoms with van der Waals surface area (Å²) < 4.78 is 0. The van der Waals surface area contributed by atoms with E-state index < -0.39 is 0 Å². The Hall–Kier alpha value is -1.94. The fourth-order valence-electron chi connectivity index (χ4n) is 3.84. The molecule has 3 aromatic rings. The second-order valence-corrected chi connectivity index (χ2v) is 7.88. The summed E-state index contributed by atoms with van der Waals surface area (Å²) in [7, 11) is 0. The Morgan fingerprint density at radius 1 is 0.923 bits per heavy atom. The van der Waals surface area contributed by atoms with Crippen molar-refractivity contribution in [3.63, 3.8) is 0 Å². The van der Waals surface area contributed by atoms with E-state index in [-0.39, 0.29) is 0 Å². The van der Waals surface area contributed by atoms with Crippen molar-refractivity contribution in [1.29, 1.82) is 0 Å². The second-order valence-electron chi connectivity index (χ2n) is 7.10. The number of benzene rings is 2. The van der Waals surface area contributed by atoms with E-state index in [2.05, 4.69) is 81.6 Å². The third kappa shape index (κ3) is 4.42. The molecule has 134 valence electrons. The monoisotopic (exact) mass is 362 g/mol. The zero-order chi connectivity index (χ0) is 17.6. The van der Waals surface area contributed by atoms with Gasteiger partial charge in [-0.15, -0.1) is 0 Å². The second kappa shape index (κ2) is 8.63. The standard InChI is InChI=1S/C23H26N2S/c1-2-6-19(7-3-1)14-23-15-21-8-4-5-9-22(21)17-25(23)12-11-24-16-20-10-13-26-18-20/h1-10,13,18,23-24H,11-12,14-17H2. The van der Waals surface area contributed by atoms with Gasteiger partial charge >= 0.3 is 0 Å². The molecule has 1 aromatic heterocycles. The van der Waals surface area contributed by atoms with Crippen molar-refractivity contribution in [2.45, 2.75) is 32.0 Å². The summed E-state index contributed by atoms with van der Waals surface area (Å²) in [6.07, 6.45) is 2.27. The van der Waals surface area contributed by atoms with E-state index in [4.69, 9.17) is 0 Å². The molecule has 0 aliphatic carbocycles. The van der Waals surface area contributed by atoms with E-state index in [0.29, 0.717) is 6.04 Å². The number of rotatable bonds is 7. The van der Waals surface area contributed by atoms with Crippen molar-refractivity contribution >= 4 is 11.3 Å². The van der Waals surface area contributed by atoms with Crippen molar-refractivity contribution in [2.75, 3.05) is 13.1 Å². The minimum absolute atomic E-state index is 0.579. The number of hydrogen-bond donors (Lipinski definition) is 1. The minimum atomic E-state index is 0.579. The lowest BCUT2D eigenvalue weighted by atomic mass is 9.90. The summed E-state index contributed by atoms with van der Waals surface area (Å²) in [5.41, 5.74) is 5.85. The molecule has 0 saturated heterocycles. The van der Waals surface area contributed by atoms with Crippen LogP contribution in [0.15, 0.2) is 71.4 Å². The number of nitrogens with one attached hydrogen (secondary N) is 1. The quantitative estimate of drug-likeness (QED) is 0.622. The van der Waals surface area contributed by atoms with Crippen molar-refractivity contribution in [1.82, 2.24) is 10.2 Å². The lowest BCUT2D eigenvalue weighted by Crippen LogP contribution is -2.44. The van der Waals surface area contributed by atoms with Gasteiger partial charge in [-0.25, -0.2) is 0 Å². The number of fused-ring (bicyclic) bond motifs is 1. The molecule has 2 aromatic carbocycles. The highest BCUT2D eigenvalue weighted by molar-refractivity contribution is 7.07. The first-order chi connectivity index (χ1) is 12.9. The number of hydrogen-bond acceptors (Lipinski definition) is 3. The summed E-state index contributed by atoms with van der Waals surface area (Å²) in [5, 5.41) is 7.98. The van der Waals surface area contributed by atoms with E-state index in [9.17, 15) is 0 Å². The molecular weight excluding hydrogens is 336 g/mol. The van der Waals surface area contributed by atoms with Gasteiger partial charge in [0, 0.05) is 32.2 Å². The van der Waals surface area contributed by atoms with E-state index in [1.165, 1.54) is 22.3 Å². The first kappa shape index (κ1) is 17.5. The molecule has 26 heavy (non-hydrogen) atoms. The van der Waals surface area contributed by atoms with Gasteiger partial charge in [-0.1, -0.05) is 54.6 Å². The maximum Gasteiger partial charge on any atom is 0.0240 e. The third-order valence-electron chi connectivity index (χ3n) is 5.26. The lowest BCUT2D eigenvalue weighted by molar-refractivity contribution is 0.170. The summed E-state index contributed by atoms with van der Waals surface area (Å²) in [6.45, 7) is 4.16. The van der Waals surface area contributed by atoms with Crippen LogP contribution >= 0.6 is 11.3 Å². The van der Waals surface area contributed by atoms with Crippen LogP contribution in [0.2, 0.25) is 0 Å². The highest BCUT2D eigenvalue weighted by Crippen LogP contribution is 2.25. The molecule has 0 bridgehead atoms. The van der Waals surface area contributed by atoms with Crippen molar-refractivity contribution in [2.24, 2.45) is 0 Å². The number of thiophene rings is 1. The van der Waals surface area contributed by atoms with Gasteiger partial charge in [-0.3, -0.25) is 4.90 Å².